The van der Waals surface area contributed by atoms with Crippen molar-refractivity contribution in [3.63, 3.8) is 0 Å². The van der Waals surface area contributed by atoms with Crippen LogP contribution in [0.4, 0.5) is 5.69 Å². The van der Waals surface area contributed by atoms with Crippen molar-refractivity contribution in [2.24, 2.45) is 0 Å². The second kappa shape index (κ2) is 7.71. The Morgan fingerprint density at radius 1 is 1.07 bits per heavy atom. The number of phenols is 1. The predicted octanol–water partition coefficient (Wildman–Crippen LogP) is 4.71. The van der Waals surface area contributed by atoms with E-state index in [0.717, 1.165) is 5.56 Å². The molecule has 1 aliphatic rings. The molecule has 0 radical (unpaired) electrons. The number of carbonyl (C=O) groups excluding carboxylic acids is 1. The summed E-state index contributed by atoms with van der Waals surface area (Å²) in [5.74, 6) is 0.702. The zero-order valence-electron chi connectivity index (χ0n) is 15.9. The molecule has 0 saturated heterocycles. The molecule has 1 N–H and O–H groups in total. The van der Waals surface area contributed by atoms with E-state index in [-0.39, 0.29) is 22.8 Å². The molecule has 7 nitrogen and oxygen atoms in total. The molecule has 3 aromatic rings. The van der Waals surface area contributed by atoms with Crippen LogP contribution in [0.1, 0.15) is 27.6 Å². The SMILES string of the molecule is COc1ccc(C=C2C(=O)c3cc(O)ccc3OC2c2ccc([N+](=O)[O-])cc2)cc1. The molecule has 1 heterocycles. The summed E-state index contributed by atoms with van der Waals surface area (Å²) in [7, 11) is 1.57. The average Bonchev–Trinajstić information content (AvgIpc) is 2.76. The topological polar surface area (TPSA) is 98.9 Å². The molecule has 4 rings (SSSR count). The molecule has 7 heteroatoms. The van der Waals surface area contributed by atoms with Gasteiger partial charge in [-0.15, -0.1) is 0 Å². The van der Waals surface area contributed by atoms with E-state index >= 15 is 0 Å². The van der Waals surface area contributed by atoms with E-state index in [2.05, 4.69) is 0 Å². The molecule has 0 aliphatic carbocycles. The van der Waals surface area contributed by atoms with E-state index < -0.39 is 11.0 Å². The first-order chi connectivity index (χ1) is 14.5. The number of nitrogens with zero attached hydrogens (tertiary/aromatic N) is 1. The zero-order chi connectivity index (χ0) is 21.3. The lowest BCUT2D eigenvalue weighted by Gasteiger charge is -2.28. The summed E-state index contributed by atoms with van der Waals surface area (Å²) in [4.78, 5) is 23.7. The number of ether oxygens (including phenoxy) is 2. The van der Waals surface area contributed by atoms with Crippen molar-refractivity contribution in [2.75, 3.05) is 7.11 Å². The summed E-state index contributed by atoms with van der Waals surface area (Å²) in [5, 5.41) is 20.8. The van der Waals surface area contributed by atoms with Crippen LogP contribution in [-0.4, -0.2) is 22.9 Å². The molecule has 3 aromatic carbocycles. The fraction of sp³-hybridized carbons (Fsp3) is 0.0870. The van der Waals surface area contributed by atoms with Gasteiger partial charge in [0, 0.05) is 17.7 Å². The lowest BCUT2D eigenvalue weighted by atomic mass is 9.89. The minimum Gasteiger partial charge on any atom is -0.508 e. The van der Waals surface area contributed by atoms with E-state index in [1.807, 2.05) is 12.1 Å². The lowest BCUT2D eigenvalue weighted by Crippen LogP contribution is -2.23. The molecule has 0 fully saturated rings. The number of non-ortho nitro benzene ring substituents is 1. The number of phenolic OH excluding ortho intramolecular Hbond substituents is 1. The van der Waals surface area contributed by atoms with Crippen molar-refractivity contribution in [3.05, 3.63) is 99.1 Å². The molecule has 0 amide bonds. The van der Waals surface area contributed by atoms with Gasteiger partial charge in [-0.25, -0.2) is 0 Å². The van der Waals surface area contributed by atoms with E-state index in [1.165, 1.54) is 30.3 Å². The number of hydrogen-bond acceptors (Lipinski definition) is 6. The number of hydrogen-bond donors (Lipinski definition) is 1. The van der Waals surface area contributed by atoms with Gasteiger partial charge >= 0.3 is 0 Å². The summed E-state index contributed by atoms with van der Waals surface area (Å²) in [6.07, 6.45) is 0.957. The summed E-state index contributed by atoms with van der Waals surface area (Å²) in [6.45, 7) is 0. The van der Waals surface area contributed by atoms with Crippen LogP contribution in [0, 0.1) is 10.1 Å². The molecular weight excluding hydrogens is 386 g/mol. The lowest BCUT2D eigenvalue weighted by molar-refractivity contribution is -0.384. The maximum Gasteiger partial charge on any atom is 0.269 e. The molecule has 1 atom stereocenters. The number of rotatable bonds is 4. The molecule has 0 aromatic heterocycles. The number of Topliss-reactive ketones (excluding diaryl/α,β-unsaturated/α-hetero) is 1. The number of aromatic hydroxyl groups is 1. The number of methoxy groups -OCH3 is 1. The number of benzene rings is 3. The first kappa shape index (κ1) is 19.2. The Hall–Kier alpha value is -4.13. The number of ketones is 1. The van der Waals surface area contributed by atoms with Crippen molar-refractivity contribution in [2.45, 2.75) is 6.10 Å². The maximum absolute atomic E-state index is 13.3. The third kappa shape index (κ3) is 3.60. The smallest absolute Gasteiger partial charge is 0.269 e. The Labute approximate surface area is 172 Å². The van der Waals surface area contributed by atoms with E-state index in [9.17, 15) is 20.0 Å². The van der Waals surface area contributed by atoms with E-state index in [4.69, 9.17) is 9.47 Å². The van der Waals surface area contributed by atoms with Gasteiger partial charge in [0.15, 0.2) is 11.9 Å². The molecule has 0 bridgehead atoms. The fourth-order valence-corrected chi connectivity index (χ4v) is 3.30. The van der Waals surface area contributed by atoms with Crippen LogP contribution in [0.5, 0.6) is 17.2 Å². The molecule has 30 heavy (non-hydrogen) atoms. The highest BCUT2D eigenvalue weighted by molar-refractivity contribution is 6.14. The molecule has 150 valence electrons. The first-order valence-corrected chi connectivity index (χ1v) is 9.10. The van der Waals surface area contributed by atoms with Crippen LogP contribution in [-0.2, 0) is 0 Å². The Bertz CT molecular complexity index is 1150. The van der Waals surface area contributed by atoms with Crippen molar-refractivity contribution in [3.8, 4) is 17.2 Å². The average molecular weight is 403 g/mol. The maximum atomic E-state index is 13.3. The van der Waals surface area contributed by atoms with Crippen LogP contribution >= 0.6 is 0 Å². The zero-order valence-corrected chi connectivity index (χ0v) is 15.9. The van der Waals surface area contributed by atoms with Gasteiger partial charge in [-0.05, 0) is 59.7 Å². The van der Waals surface area contributed by atoms with Crippen LogP contribution in [0.2, 0.25) is 0 Å². The van der Waals surface area contributed by atoms with Gasteiger partial charge in [0.1, 0.15) is 17.2 Å². The third-order valence-corrected chi connectivity index (χ3v) is 4.84. The first-order valence-electron chi connectivity index (χ1n) is 9.10. The van der Waals surface area contributed by atoms with Crippen molar-refractivity contribution < 1.29 is 24.3 Å². The summed E-state index contributed by atoms with van der Waals surface area (Å²) >= 11 is 0. The Morgan fingerprint density at radius 2 is 1.77 bits per heavy atom. The highest BCUT2D eigenvalue weighted by atomic mass is 16.6. The van der Waals surface area contributed by atoms with Crippen LogP contribution < -0.4 is 9.47 Å². The van der Waals surface area contributed by atoms with Crippen molar-refractivity contribution in [1.29, 1.82) is 0 Å². The van der Waals surface area contributed by atoms with Gasteiger partial charge < -0.3 is 14.6 Å². The van der Waals surface area contributed by atoms with Gasteiger partial charge in [-0.3, -0.25) is 14.9 Å². The summed E-state index contributed by atoms with van der Waals surface area (Å²) < 4.78 is 11.2. The fourth-order valence-electron chi connectivity index (χ4n) is 3.30. The number of nitro groups is 1. The van der Waals surface area contributed by atoms with Crippen LogP contribution in [0.15, 0.2) is 72.3 Å². The second-order valence-electron chi connectivity index (χ2n) is 6.73. The van der Waals surface area contributed by atoms with Gasteiger partial charge in [0.05, 0.1) is 17.6 Å². The largest absolute Gasteiger partial charge is 0.508 e. The Kier molecular flexibility index (Phi) is 4.93. The van der Waals surface area contributed by atoms with Gasteiger partial charge in [0.25, 0.3) is 5.69 Å². The number of fused-ring (bicyclic) bond motifs is 1. The highest BCUT2D eigenvalue weighted by Gasteiger charge is 2.33. The molecule has 0 spiro atoms. The minimum absolute atomic E-state index is 0.0386. The molecule has 1 unspecified atom stereocenters. The second-order valence-corrected chi connectivity index (χ2v) is 6.73. The van der Waals surface area contributed by atoms with E-state index in [1.54, 1.807) is 37.5 Å². The number of carbonyl (C=O) groups is 1. The van der Waals surface area contributed by atoms with Gasteiger partial charge in [-0.1, -0.05) is 12.1 Å². The normalized spacial score (nSPS) is 16.6. The molecule has 0 saturated carbocycles. The minimum atomic E-state index is -0.752. The third-order valence-electron chi connectivity index (χ3n) is 4.84. The predicted molar refractivity (Wildman–Crippen MR) is 110 cm³/mol. The van der Waals surface area contributed by atoms with Crippen molar-refractivity contribution >= 4 is 17.5 Å². The van der Waals surface area contributed by atoms with Crippen LogP contribution in [0.25, 0.3) is 6.08 Å². The Balaban J connectivity index is 1.81. The van der Waals surface area contributed by atoms with Gasteiger partial charge in [-0.2, -0.15) is 0 Å². The van der Waals surface area contributed by atoms with Crippen molar-refractivity contribution in [1.82, 2.24) is 0 Å². The number of nitro benzene ring substituents is 1. The molecular formula is C23H17NO6. The highest BCUT2D eigenvalue weighted by Crippen LogP contribution is 2.40. The van der Waals surface area contributed by atoms with Crippen LogP contribution in [0.3, 0.4) is 0 Å². The Morgan fingerprint density at radius 3 is 2.40 bits per heavy atom. The van der Waals surface area contributed by atoms with E-state index in [0.29, 0.717) is 22.6 Å². The standard InChI is InChI=1S/C23H17NO6/c1-29-18-9-2-14(3-10-18)12-20-22(26)19-13-17(25)8-11-21(19)30-23(20)15-4-6-16(7-5-15)24(27)28/h2-13,23,25H,1H3. The summed E-state index contributed by atoms with van der Waals surface area (Å²) in [6, 6.07) is 17.4. The molecule has 1 aliphatic heterocycles. The summed E-state index contributed by atoms with van der Waals surface area (Å²) in [5.41, 5.74) is 1.93. The monoisotopic (exact) mass is 403 g/mol. The van der Waals surface area contributed by atoms with Gasteiger partial charge in [0.2, 0.25) is 0 Å². The quantitative estimate of drug-likeness (QED) is 0.385.